The monoisotopic (exact) mass is 258 g/mol. The number of fused-ring (bicyclic) bond motifs is 1. The summed E-state index contributed by atoms with van der Waals surface area (Å²) in [6.07, 6.45) is 2.70. The molecule has 0 saturated carbocycles. The predicted molar refractivity (Wildman–Crippen MR) is 72.3 cm³/mol. The molecule has 1 aromatic heterocycles. The highest BCUT2D eigenvalue weighted by Gasteiger charge is 2.16. The first-order valence-electron chi connectivity index (χ1n) is 6.66. The van der Waals surface area contributed by atoms with Crippen LogP contribution in [0, 0.1) is 0 Å². The van der Waals surface area contributed by atoms with E-state index in [0.29, 0.717) is 0 Å². The van der Waals surface area contributed by atoms with Crippen LogP contribution in [0.25, 0.3) is 0 Å². The fraction of sp³-hybridized carbons (Fsp3) is 0.400. The Bertz CT molecular complexity index is 540. The number of nitrogens with zero attached hydrogens (tertiary/aromatic N) is 1. The molecule has 2 heterocycles. The maximum atomic E-state index is 5.80. The van der Waals surface area contributed by atoms with Crippen molar-refractivity contribution in [2.75, 3.05) is 13.7 Å². The van der Waals surface area contributed by atoms with Gasteiger partial charge < -0.3 is 14.5 Å². The van der Waals surface area contributed by atoms with Gasteiger partial charge in [0.15, 0.2) is 5.89 Å². The summed E-state index contributed by atoms with van der Waals surface area (Å²) in [5.74, 6) is 2.80. The molecule has 4 heteroatoms. The summed E-state index contributed by atoms with van der Waals surface area (Å²) < 4.78 is 11.0. The Morgan fingerprint density at radius 3 is 3.16 bits per heavy atom. The third-order valence-electron chi connectivity index (χ3n) is 3.41. The highest BCUT2D eigenvalue weighted by molar-refractivity contribution is 5.28. The third kappa shape index (κ3) is 2.79. The van der Waals surface area contributed by atoms with Crippen molar-refractivity contribution in [2.45, 2.75) is 25.8 Å². The molecule has 0 radical (unpaired) electrons. The van der Waals surface area contributed by atoms with Crippen LogP contribution in [0.3, 0.4) is 0 Å². The van der Waals surface area contributed by atoms with E-state index in [0.717, 1.165) is 55.4 Å². The van der Waals surface area contributed by atoms with E-state index < -0.39 is 0 Å². The molecule has 0 unspecified atom stereocenters. The smallest absolute Gasteiger partial charge is 0.195 e. The van der Waals surface area contributed by atoms with Crippen molar-refractivity contribution in [3.8, 4) is 5.75 Å². The van der Waals surface area contributed by atoms with Gasteiger partial charge in [0.2, 0.25) is 0 Å². The SMILES string of the molecule is COc1cccc(CCc2nc3c(o2)CCNC3)c1. The number of rotatable bonds is 4. The Morgan fingerprint density at radius 1 is 1.37 bits per heavy atom. The number of methoxy groups -OCH3 is 1. The Labute approximate surface area is 112 Å². The third-order valence-corrected chi connectivity index (χ3v) is 3.41. The van der Waals surface area contributed by atoms with Crippen LogP contribution in [0.15, 0.2) is 28.7 Å². The second kappa shape index (κ2) is 5.45. The fourth-order valence-corrected chi connectivity index (χ4v) is 2.37. The Hall–Kier alpha value is -1.81. The lowest BCUT2D eigenvalue weighted by Gasteiger charge is -2.08. The summed E-state index contributed by atoms with van der Waals surface area (Å²) in [5.41, 5.74) is 2.32. The molecular formula is C15H18N2O2. The van der Waals surface area contributed by atoms with Crippen LogP contribution in [0.5, 0.6) is 5.75 Å². The molecule has 0 spiro atoms. The molecule has 0 aliphatic carbocycles. The minimum Gasteiger partial charge on any atom is -0.497 e. The van der Waals surface area contributed by atoms with Crippen LogP contribution in [-0.4, -0.2) is 18.6 Å². The molecule has 4 nitrogen and oxygen atoms in total. The zero-order valence-corrected chi connectivity index (χ0v) is 11.1. The van der Waals surface area contributed by atoms with E-state index in [4.69, 9.17) is 9.15 Å². The quantitative estimate of drug-likeness (QED) is 0.912. The Morgan fingerprint density at radius 2 is 2.32 bits per heavy atom. The van der Waals surface area contributed by atoms with E-state index in [2.05, 4.69) is 22.4 Å². The van der Waals surface area contributed by atoms with E-state index in [9.17, 15) is 0 Å². The van der Waals surface area contributed by atoms with E-state index >= 15 is 0 Å². The van der Waals surface area contributed by atoms with E-state index in [1.165, 1.54) is 5.56 Å². The number of ether oxygens (including phenoxy) is 1. The molecular weight excluding hydrogens is 240 g/mol. The molecule has 0 atom stereocenters. The van der Waals surface area contributed by atoms with Gasteiger partial charge in [0.25, 0.3) is 0 Å². The highest BCUT2D eigenvalue weighted by Crippen LogP contribution is 2.18. The van der Waals surface area contributed by atoms with Crippen LogP contribution in [0.1, 0.15) is 22.9 Å². The van der Waals surface area contributed by atoms with E-state index in [-0.39, 0.29) is 0 Å². The van der Waals surface area contributed by atoms with Crippen LogP contribution in [0.4, 0.5) is 0 Å². The summed E-state index contributed by atoms with van der Waals surface area (Å²) in [5, 5.41) is 3.30. The van der Waals surface area contributed by atoms with E-state index in [1.54, 1.807) is 7.11 Å². The minimum atomic E-state index is 0.831. The number of hydrogen-bond donors (Lipinski definition) is 1. The van der Waals surface area contributed by atoms with Gasteiger partial charge in [0, 0.05) is 25.9 Å². The largest absolute Gasteiger partial charge is 0.497 e. The lowest BCUT2D eigenvalue weighted by molar-refractivity contribution is 0.414. The maximum absolute atomic E-state index is 5.80. The van der Waals surface area contributed by atoms with Gasteiger partial charge in [-0.15, -0.1) is 0 Å². The molecule has 2 aromatic rings. The minimum absolute atomic E-state index is 0.831. The topological polar surface area (TPSA) is 47.3 Å². The first kappa shape index (κ1) is 12.2. The van der Waals surface area contributed by atoms with Crippen molar-refractivity contribution in [3.05, 3.63) is 47.2 Å². The molecule has 3 rings (SSSR count). The highest BCUT2D eigenvalue weighted by atomic mass is 16.5. The number of benzene rings is 1. The second-order valence-corrected chi connectivity index (χ2v) is 4.76. The maximum Gasteiger partial charge on any atom is 0.195 e. The zero-order chi connectivity index (χ0) is 13.1. The van der Waals surface area contributed by atoms with Gasteiger partial charge in [-0.05, 0) is 24.1 Å². The van der Waals surface area contributed by atoms with Crippen LogP contribution < -0.4 is 10.1 Å². The van der Waals surface area contributed by atoms with Crippen molar-refractivity contribution >= 4 is 0 Å². The molecule has 19 heavy (non-hydrogen) atoms. The molecule has 0 bridgehead atoms. The molecule has 0 amide bonds. The van der Waals surface area contributed by atoms with Gasteiger partial charge in [0.1, 0.15) is 11.5 Å². The molecule has 0 saturated heterocycles. The molecule has 100 valence electrons. The van der Waals surface area contributed by atoms with Crippen molar-refractivity contribution in [3.63, 3.8) is 0 Å². The van der Waals surface area contributed by atoms with Gasteiger partial charge in [0.05, 0.1) is 12.8 Å². The molecule has 1 N–H and O–H groups in total. The van der Waals surface area contributed by atoms with Crippen molar-refractivity contribution < 1.29 is 9.15 Å². The first-order chi connectivity index (χ1) is 9.35. The fourth-order valence-electron chi connectivity index (χ4n) is 2.37. The van der Waals surface area contributed by atoms with E-state index in [1.807, 2.05) is 12.1 Å². The molecule has 1 aromatic carbocycles. The number of nitrogens with one attached hydrogen (secondary N) is 1. The number of oxazole rings is 1. The first-order valence-corrected chi connectivity index (χ1v) is 6.66. The van der Waals surface area contributed by atoms with Crippen LogP contribution in [0.2, 0.25) is 0 Å². The van der Waals surface area contributed by atoms with Gasteiger partial charge >= 0.3 is 0 Å². The van der Waals surface area contributed by atoms with Crippen LogP contribution >= 0.6 is 0 Å². The Kier molecular flexibility index (Phi) is 3.51. The van der Waals surface area contributed by atoms with Crippen molar-refractivity contribution in [1.82, 2.24) is 10.3 Å². The average Bonchev–Trinajstić information content (AvgIpc) is 2.88. The van der Waals surface area contributed by atoms with Gasteiger partial charge in [-0.2, -0.15) is 0 Å². The zero-order valence-electron chi connectivity index (χ0n) is 11.1. The van der Waals surface area contributed by atoms with Gasteiger partial charge in [-0.3, -0.25) is 0 Å². The second-order valence-electron chi connectivity index (χ2n) is 4.76. The molecule has 0 fully saturated rings. The number of hydrogen-bond acceptors (Lipinski definition) is 4. The van der Waals surface area contributed by atoms with Gasteiger partial charge in [-0.1, -0.05) is 12.1 Å². The molecule has 1 aliphatic rings. The summed E-state index contributed by atoms with van der Waals surface area (Å²) in [6, 6.07) is 8.13. The van der Waals surface area contributed by atoms with Gasteiger partial charge in [-0.25, -0.2) is 4.98 Å². The number of aromatic nitrogens is 1. The standard InChI is InChI=1S/C15H18N2O2/c1-18-12-4-2-3-11(9-12)5-6-15-17-13-10-16-8-7-14(13)19-15/h2-4,9,16H,5-8,10H2,1H3. The summed E-state index contributed by atoms with van der Waals surface area (Å²) in [7, 11) is 1.69. The summed E-state index contributed by atoms with van der Waals surface area (Å²) in [6.45, 7) is 1.81. The van der Waals surface area contributed by atoms with Crippen molar-refractivity contribution in [2.24, 2.45) is 0 Å². The average molecular weight is 258 g/mol. The van der Waals surface area contributed by atoms with Crippen LogP contribution in [-0.2, 0) is 25.8 Å². The summed E-state index contributed by atoms with van der Waals surface area (Å²) >= 11 is 0. The Balaban J connectivity index is 1.66. The lowest BCUT2D eigenvalue weighted by Crippen LogP contribution is -2.22. The van der Waals surface area contributed by atoms with Crippen molar-refractivity contribution in [1.29, 1.82) is 0 Å². The summed E-state index contributed by atoms with van der Waals surface area (Å²) in [4.78, 5) is 4.55. The predicted octanol–water partition coefficient (Wildman–Crippen LogP) is 2.11. The normalized spacial score (nSPS) is 14.2. The lowest BCUT2D eigenvalue weighted by atomic mass is 10.1. The number of aryl methyl sites for hydroxylation is 2. The molecule has 1 aliphatic heterocycles.